The van der Waals surface area contributed by atoms with Gasteiger partial charge in [-0.25, -0.2) is 4.39 Å². The molecule has 0 N–H and O–H groups in total. The summed E-state index contributed by atoms with van der Waals surface area (Å²) in [6.45, 7) is 1.53. The Kier molecular flexibility index (Phi) is 5.92. The molecular weight excluding hydrogens is 377 g/mol. The van der Waals surface area contributed by atoms with Gasteiger partial charge in [-0.15, -0.1) is 10.2 Å². The summed E-state index contributed by atoms with van der Waals surface area (Å²) < 4.78 is 26.3. The molecular formula is C21H22FN3O2S. The number of nitrogens with zero attached hydrogens (tertiary/aromatic N) is 3. The molecule has 1 unspecified atom stereocenters. The molecule has 1 atom stereocenters. The van der Waals surface area contributed by atoms with Crippen molar-refractivity contribution in [2.24, 2.45) is 0 Å². The molecule has 1 fully saturated rings. The van der Waals surface area contributed by atoms with Crippen molar-refractivity contribution in [1.82, 2.24) is 14.8 Å². The Labute approximate surface area is 167 Å². The van der Waals surface area contributed by atoms with Crippen LogP contribution in [0, 0.1) is 5.82 Å². The van der Waals surface area contributed by atoms with Crippen molar-refractivity contribution in [2.75, 3.05) is 13.7 Å². The van der Waals surface area contributed by atoms with Crippen LogP contribution in [-0.2, 0) is 17.0 Å². The summed E-state index contributed by atoms with van der Waals surface area (Å²) in [5.74, 6) is 2.10. The lowest BCUT2D eigenvalue weighted by Gasteiger charge is -2.15. The van der Waals surface area contributed by atoms with Crippen LogP contribution in [0.5, 0.6) is 5.75 Å². The Hall–Kier alpha value is -2.38. The monoisotopic (exact) mass is 399 g/mol. The zero-order valence-corrected chi connectivity index (χ0v) is 16.5. The lowest BCUT2D eigenvalue weighted by molar-refractivity contribution is 0.0953. The summed E-state index contributed by atoms with van der Waals surface area (Å²) >= 11 is 1.60. The molecule has 1 aliphatic rings. The van der Waals surface area contributed by atoms with Gasteiger partial charge in [0.2, 0.25) is 0 Å². The zero-order valence-electron chi connectivity index (χ0n) is 15.7. The number of rotatable bonds is 7. The van der Waals surface area contributed by atoms with Gasteiger partial charge in [0.05, 0.1) is 19.8 Å². The summed E-state index contributed by atoms with van der Waals surface area (Å²) in [6, 6.07) is 14.4. The molecule has 0 radical (unpaired) electrons. The van der Waals surface area contributed by atoms with Crippen molar-refractivity contribution >= 4 is 11.8 Å². The number of aromatic nitrogens is 3. The highest BCUT2D eigenvalue weighted by atomic mass is 32.2. The van der Waals surface area contributed by atoms with E-state index in [1.54, 1.807) is 31.0 Å². The Balaban J connectivity index is 1.59. The second kappa shape index (κ2) is 8.75. The standard InChI is InChI=1S/C21H22FN3O2S/c1-26-18-10-6-16(7-11-18)20-23-24-21(25(20)13-19-3-2-12-27-19)28-14-15-4-8-17(22)9-5-15/h4-11,19H,2-3,12-14H2,1H3. The van der Waals surface area contributed by atoms with Gasteiger partial charge in [-0.1, -0.05) is 23.9 Å². The molecule has 1 aliphatic heterocycles. The minimum atomic E-state index is -0.225. The van der Waals surface area contributed by atoms with Crippen molar-refractivity contribution in [1.29, 1.82) is 0 Å². The fourth-order valence-corrected chi connectivity index (χ4v) is 4.14. The molecule has 7 heteroatoms. The minimum Gasteiger partial charge on any atom is -0.497 e. The average Bonchev–Trinajstić information content (AvgIpc) is 3.38. The first-order valence-corrected chi connectivity index (χ1v) is 10.3. The van der Waals surface area contributed by atoms with Crippen LogP contribution in [0.4, 0.5) is 4.39 Å². The van der Waals surface area contributed by atoms with Crippen molar-refractivity contribution in [3.05, 3.63) is 59.9 Å². The molecule has 3 aromatic rings. The van der Waals surface area contributed by atoms with Gasteiger partial charge in [-0.2, -0.15) is 0 Å². The van der Waals surface area contributed by atoms with E-state index >= 15 is 0 Å². The van der Waals surface area contributed by atoms with E-state index in [-0.39, 0.29) is 11.9 Å². The maximum atomic E-state index is 13.1. The lowest BCUT2D eigenvalue weighted by atomic mass is 10.2. The zero-order chi connectivity index (χ0) is 19.3. The van der Waals surface area contributed by atoms with Gasteiger partial charge >= 0.3 is 0 Å². The third kappa shape index (κ3) is 4.36. The van der Waals surface area contributed by atoms with Gasteiger partial charge in [0, 0.05) is 17.9 Å². The first-order valence-electron chi connectivity index (χ1n) is 9.29. The number of hydrogen-bond acceptors (Lipinski definition) is 5. The summed E-state index contributed by atoms with van der Waals surface area (Å²) in [4.78, 5) is 0. The molecule has 146 valence electrons. The van der Waals surface area contributed by atoms with Gasteiger partial charge in [-0.05, 0) is 54.8 Å². The van der Waals surface area contributed by atoms with Crippen molar-refractivity contribution in [2.45, 2.75) is 36.4 Å². The summed E-state index contributed by atoms with van der Waals surface area (Å²) in [5, 5.41) is 9.71. The topological polar surface area (TPSA) is 49.2 Å². The number of hydrogen-bond donors (Lipinski definition) is 0. The first-order chi connectivity index (χ1) is 13.7. The van der Waals surface area contributed by atoms with Crippen LogP contribution in [0.1, 0.15) is 18.4 Å². The fraction of sp³-hybridized carbons (Fsp3) is 0.333. The highest BCUT2D eigenvalue weighted by Crippen LogP contribution is 2.29. The van der Waals surface area contributed by atoms with Crippen LogP contribution in [0.25, 0.3) is 11.4 Å². The minimum absolute atomic E-state index is 0.179. The Morgan fingerprint density at radius 1 is 1.14 bits per heavy atom. The van der Waals surface area contributed by atoms with Crippen LogP contribution in [-0.4, -0.2) is 34.6 Å². The molecule has 2 aromatic carbocycles. The maximum Gasteiger partial charge on any atom is 0.191 e. The van der Waals surface area contributed by atoms with Gasteiger partial charge in [0.1, 0.15) is 11.6 Å². The number of ether oxygens (including phenoxy) is 2. The van der Waals surface area contributed by atoms with Gasteiger partial charge in [0.15, 0.2) is 11.0 Å². The highest BCUT2D eigenvalue weighted by Gasteiger charge is 2.22. The van der Waals surface area contributed by atoms with Crippen LogP contribution in [0.2, 0.25) is 0 Å². The molecule has 4 rings (SSSR count). The van der Waals surface area contributed by atoms with Gasteiger partial charge in [0.25, 0.3) is 0 Å². The predicted molar refractivity (Wildman–Crippen MR) is 107 cm³/mol. The number of halogens is 1. The second-order valence-electron chi connectivity index (χ2n) is 6.70. The third-order valence-electron chi connectivity index (χ3n) is 4.76. The molecule has 1 aromatic heterocycles. The predicted octanol–water partition coefficient (Wildman–Crippen LogP) is 4.56. The van der Waals surface area contributed by atoms with Crippen molar-refractivity contribution in [3.8, 4) is 17.1 Å². The largest absolute Gasteiger partial charge is 0.497 e. The molecule has 1 saturated heterocycles. The smallest absolute Gasteiger partial charge is 0.191 e. The van der Waals surface area contributed by atoms with E-state index in [0.29, 0.717) is 5.75 Å². The average molecular weight is 399 g/mol. The van der Waals surface area contributed by atoms with Crippen molar-refractivity contribution in [3.63, 3.8) is 0 Å². The molecule has 0 aliphatic carbocycles. The van der Waals surface area contributed by atoms with E-state index in [0.717, 1.165) is 53.9 Å². The number of methoxy groups -OCH3 is 1. The van der Waals surface area contributed by atoms with E-state index in [9.17, 15) is 4.39 Å². The van der Waals surface area contributed by atoms with E-state index in [1.165, 1.54) is 12.1 Å². The highest BCUT2D eigenvalue weighted by molar-refractivity contribution is 7.98. The van der Waals surface area contributed by atoms with E-state index in [2.05, 4.69) is 14.8 Å². The Morgan fingerprint density at radius 3 is 2.61 bits per heavy atom. The molecule has 0 saturated carbocycles. The molecule has 0 amide bonds. The number of benzene rings is 2. The van der Waals surface area contributed by atoms with Crippen LogP contribution >= 0.6 is 11.8 Å². The summed E-state index contributed by atoms with van der Waals surface area (Å²) in [5.41, 5.74) is 2.03. The Bertz CT molecular complexity index is 906. The lowest BCUT2D eigenvalue weighted by Crippen LogP contribution is -2.16. The van der Waals surface area contributed by atoms with Gasteiger partial charge in [-0.3, -0.25) is 4.57 Å². The van der Waals surface area contributed by atoms with E-state index in [1.807, 2.05) is 24.3 Å². The van der Waals surface area contributed by atoms with Gasteiger partial charge < -0.3 is 9.47 Å². The Morgan fingerprint density at radius 2 is 1.93 bits per heavy atom. The first kappa shape index (κ1) is 19.0. The molecule has 28 heavy (non-hydrogen) atoms. The van der Waals surface area contributed by atoms with E-state index < -0.39 is 0 Å². The summed E-state index contributed by atoms with van der Waals surface area (Å²) in [7, 11) is 1.65. The van der Waals surface area contributed by atoms with Crippen LogP contribution in [0.3, 0.4) is 0 Å². The quantitative estimate of drug-likeness (QED) is 0.545. The molecule has 5 nitrogen and oxygen atoms in total. The fourth-order valence-electron chi connectivity index (χ4n) is 3.23. The normalized spacial score (nSPS) is 16.4. The molecule has 2 heterocycles. The van der Waals surface area contributed by atoms with E-state index in [4.69, 9.17) is 9.47 Å². The second-order valence-corrected chi connectivity index (χ2v) is 7.64. The maximum absolute atomic E-state index is 13.1. The molecule has 0 spiro atoms. The van der Waals surface area contributed by atoms with Crippen LogP contribution < -0.4 is 4.74 Å². The number of thioether (sulfide) groups is 1. The summed E-state index contributed by atoms with van der Waals surface area (Å²) in [6.07, 6.45) is 2.31. The molecule has 0 bridgehead atoms. The van der Waals surface area contributed by atoms with Crippen molar-refractivity contribution < 1.29 is 13.9 Å². The van der Waals surface area contributed by atoms with Crippen LogP contribution in [0.15, 0.2) is 53.7 Å². The third-order valence-corrected chi connectivity index (χ3v) is 5.79. The SMILES string of the molecule is COc1ccc(-c2nnc(SCc3ccc(F)cc3)n2CC2CCCO2)cc1.